The van der Waals surface area contributed by atoms with Crippen molar-refractivity contribution in [2.24, 2.45) is 5.10 Å². The highest BCUT2D eigenvalue weighted by atomic mass is 32.2. The van der Waals surface area contributed by atoms with Crippen LogP contribution in [-0.2, 0) is 10.0 Å². The van der Waals surface area contributed by atoms with E-state index < -0.39 is 21.0 Å². The van der Waals surface area contributed by atoms with Crippen LogP contribution in [0.15, 0.2) is 64.6 Å². The van der Waals surface area contributed by atoms with Gasteiger partial charge in [0.05, 0.1) is 27.6 Å². The monoisotopic (exact) mass is 374 g/mol. The largest absolute Gasteiger partial charge is 0.291 e. The fourth-order valence-corrected chi connectivity index (χ4v) is 4.27. The van der Waals surface area contributed by atoms with Gasteiger partial charge in [-0.1, -0.05) is 30.3 Å². The van der Waals surface area contributed by atoms with Crippen LogP contribution in [0.5, 0.6) is 0 Å². The number of hydrogen-bond acceptors (Lipinski definition) is 6. The first-order valence-electron chi connectivity index (χ1n) is 7.89. The summed E-state index contributed by atoms with van der Waals surface area (Å²) in [5.74, 6) is 0. The van der Waals surface area contributed by atoms with Crippen molar-refractivity contribution in [1.29, 1.82) is 0 Å². The van der Waals surface area contributed by atoms with Crippen molar-refractivity contribution < 1.29 is 13.3 Å². The van der Waals surface area contributed by atoms with Crippen molar-refractivity contribution in [2.75, 3.05) is 7.05 Å². The Morgan fingerprint density at radius 2 is 1.73 bits per heavy atom. The summed E-state index contributed by atoms with van der Waals surface area (Å²) in [6, 6.07) is 13.5. The predicted molar refractivity (Wildman–Crippen MR) is 97.3 cm³/mol. The topological polar surface area (TPSA) is 105 Å². The van der Waals surface area contributed by atoms with Crippen LogP contribution in [0, 0.1) is 10.1 Å². The van der Waals surface area contributed by atoms with Gasteiger partial charge >= 0.3 is 0 Å². The molecule has 26 heavy (non-hydrogen) atoms. The van der Waals surface area contributed by atoms with Crippen LogP contribution in [0.2, 0.25) is 0 Å². The van der Waals surface area contributed by atoms with Gasteiger partial charge in [0.1, 0.15) is 0 Å². The summed E-state index contributed by atoms with van der Waals surface area (Å²) in [6.45, 7) is 1.77. The molecular weight excluding hydrogens is 356 g/mol. The molecule has 0 unspecified atom stereocenters. The van der Waals surface area contributed by atoms with Gasteiger partial charge in [-0.3, -0.25) is 15.1 Å². The van der Waals surface area contributed by atoms with Crippen LogP contribution in [0.1, 0.15) is 18.5 Å². The van der Waals surface area contributed by atoms with E-state index in [0.29, 0.717) is 5.71 Å². The standard InChI is InChI=1S/C17H18N4O4S/c1-12-16(17(20(2)18-12)13-6-4-3-5-7-13)19-26(24,25)15-10-8-14(9-11-15)21(22)23/h3-11,16-17,19H,1-2H3/t16-,17+/m1/s1. The molecule has 0 saturated carbocycles. The van der Waals surface area contributed by atoms with E-state index in [0.717, 1.165) is 5.56 Å². The Bertz CT molecular complexity index is 942. The average molecular weight is 374 g/mol. The van der Waals surface area contributed by atoms with Crippen LogP contribution in [0.4, 0.5) is 5.69 Å². The van der Waals surface area contributed by atoms with Gasteiger partial charge in [-0.15, -0.1) is 0 Å². The Kier molecular flexibility index (Phi) is 4.75. The number of hydrazone groups is 1. The number of benzene rings is 2. The van der Waals surface area contributed by atoms with Crippen LogP contribution < -0.4 is 4.72 Å². The van der Waals surface area contributed by atoms with E-state index in [1.165, 1.54) is 24.3 Å². The third-order valence-corrected chi connectivity index (χ3v) is 5.72. The van der Waals surface area contributed by atoms with E-state index in [9.17, 15) is 18.5 Å². The van der Waals surface area contributed by atoms with Gasteiger partial charge < -0.3 is 0 Å². The lowest BCUT2D eigenvalue weighted by atomic mass is 9.98. The molecule has 2 aromatic rings. The van der Waals surface area contributed by atoms with E-state index in [-0.39, 0.29) is 16.6 Å². The number of nitro benzene ring substituents is 1. The molecule has 136 valence electrons. The maximum atomic E-state index is 12.7. The quantitative estimate of drug-likeness (QED) is 0.639. The zero-order chi connectivity index (χ0) is 18.9. The van der Waals surface area contributed by atoms with Gasteiger partial charge in [-0.05, 0) is 24.6 Å². The van der Waals surface area contributed by atoms with Gasteiger partial charge in [0.25, 0.3) is 5.69 Å². The van der Waals surface area contributed by atoms with Crippen LogP contribution in [-0.4, -0.2) is 37.2 Å². The molecule has 0 radical (unpaired) electrons. The second kappa shape index (κ2) is 6.85. The number of sulfonamides is 1. The molecule has 0 fully saturated rings. The summed E-state index contributed by atoms with van der Waals surface area (Å²) in [7, 11) is -2.07. The lowest BCUT2D eigenvalue weighted by molar-refractivity contribution is -0.384. The number of likely N-dealkylation sites (N-methyl/N-ethyl adjacent to an activating group) is 1. The van der Waals surface area contributed by atoms with Gasteiger partial charge in [0, 0.05) is 19.2 Å². The molecule has 8 nitrogen and oxygen atoms in total. The summed E-state index contributed by atoms with van der Waals surface area (Å²) in [6.07, 6.45) is 0. The maximum absolute atomic E-state index is 12.7. The van der Waals surface area contributed by atoms with Gasteiger partial charge in [0.2, 0.25) is 10.0 Å². The van der Waals surface area contributed by atoms with Crippen molar-refractivity contribution in [2.45, 2.75) is 23.9 Å². The Hall–Kier alpha value is -2.78. The molecule has 0 spiro atoms. The summed E-state index contributed by atoms with van der Waals surface area (Å²) >= 11 is 0. The zero-order valence-electron chi connectivity index (χ0n) is 14.2. The van der Waals surface area contributed by atoms with Gasteiger partial charge in [-0.2, -0.15) is 9.82 Å². The first-order valence-corrected chi connectivity index (χ1v) is 9.37. The van der Waals surface area contributed by atoms with E-state index in [2.05, 4.69) is 9.82 Å². The molecular formula is C17H18N4O4S. The molecule has 9 heteroatoms. The van der Waals surface area contributed by atoms with Crippen molar-refractivity contribution in [3.05, 3.63) is 70.3 Å². The van der Waals surface area contributed by atoms with E-state index in [4.69, 9.17) is 0 Å². The molecule has 1 heterocycles. The van der Waals surface area contributed by atoms with Crippen molar-refractivity contribution in [3.8, 4) is 0 Å². The Morgan fingerprint density at radius 1 is 1.12 bits per heavy atom. The van der Waals surface area contributed by atoms with E-state index in [1.807, 2.05) is 30.3 Å². The zero-order valence-corrected chi connectivity index (χ0v) is 15.1. The summed E-state index contributed by atoms with van der Waals surface area (Å²) in [4.78, 5) is 10.1. The number of nitrogens with zero attached hydrogens (tertiary/aromatic N) is 3. The van der Waals surface area contributed by atoms with Gasteiger partial charge in [-0.25, -0.2) is 8.42 Å². The number of nitro groups is 1. The van der Waals surface area contributed by atoms with Crippen LogP contribution >= 0.6 is 0 Å². The first-order chi connectivity index (χ1) is 12.3. The number of non-ortho nitro benzene ring substituents is 1. The molecule has 2 aromatic carbocycles. The lowest BCUT2D eigenvalue weighted by Gasteiger charge is -2.26. The Morgan fingerprint density at radius 3 is 2.31 bits per heavy atom. The molecule has 0 bridgehead atoms. The smallest absolute Gasteiger partial charge is 0.269 e. The minimum Gasteiger partial charge on any atom is -0.291 e. The third-order valence-electron chi connectivity index (χ3n) is 4.26. The normalized spacial score (nSPS) is 20.1. The highest BCUT2D eigenvalue weighted by molar-refractivity contribution is 7.89. The molecule has 0 aromatic heterocycles. The number of hydrogen-bond donors (Lipinski definition) is 1. The fraction of sp³-hybridized carbons (Fsp3) is 0.235. The van der Waals surface area contributed by atoms with Gasteiger partial charge in [0.15, 0.2) is 0 Å². The molecule has 1 N–H and O–H groups in total. The highest BCUT2D eigenvalue weighted by Gasteiger charge is 2.37. The molecule has 2 atom stereocenters. The van der Waals surface area contributed by atoms with Crippen molar-refractivity contribution in [1.82, 2.24) is 9.73 Å². The second-order valence-electron chi connectivity index (χ2n) is 6.02. The summed E-state index contributed by atoms with van der Waals surface area (Å²) in [5, 5.41) is 16.8. The van der Waals surface area contributed by atoms with E-state index in [1.54, 1.807) is 19.0 Å². The molecule has 0 saturated heterocycles. The first kappa shape index (κ1) is 18.0. The SMILES string of the molecule is CC1=NN(C)[C@@H](c2ccccc2)[C@@H]1NS(=O)(=O)c1ccc([N+](=O)[O-])cc1. The molecule has 1 aliphatic heterocycles. The van der Waals surface area contributed by atoms with Crippen molar-refractivity contribution >= 4 is 21.4 Å². The summed E-state index contributed by atoms with van der Waals surface area (Å²) < 4.78 is 28.2. The van der Waals surface area contributed by atoms with Crippen molar-refractivity contribution in [3.63, 3.8) is 0 Å². The molecule has 3 rings (SSSR count). The Labute approximate surface area is 151 Å². The lowest BCUT2D eigenvalue weighted by Crippen LogP contribution is -2.43. The number of rotatable bonds is 5. The molecule has 0 amide bonds. The minimum atomic E-state index is -3.86. The maximum Gasteiger partial charge on any atom is 0.269 e. The highest BCUT2D eigenvalue weighted by Crippen LogP contribution is 2.30. The summed E-state index contributed by atoms with van der Waals surface area (Å²) in [5.41, 5.74) is 1.42. The van der Waals surface area contributed by atoms with E-state index >= 15 is 0 Å². The van der Waals surface area contributed by atoms with Crippen LogP contribution in [0.3, 0.4) is 0 Å². The second-order valence-corrected chi connectivity index (χ2v) is 7.73. The fourth-order valence-electron chi connectivity index (χ4n) is 3.01. The van der Waals surface area contributed by atoms with Crippen LogP contribution in [0.25, 0.3) is 0 Å². The third kappa shape index (κ3) is 3.44. The minimum absolute atomic E-state index is 0.0303. The number of nitrogens with one attached hydrogen (secondary N) is 1. The average Bonchev–Trinajstić information content (AvgIpc) is 2.88. The molecule has 0 aliphatic carbocycles. The Balaban J connectivity index is 1.89. The predicted octanol–water partition coefficient (Wildman–Crippen LogP) is 2.30. The molecule has 1 aliphatic rings.